The highest BCUT2D eigenvalue weighted by Crippen LogP contribution is 2.41. The summed E-state index contributed by atoms with van der Waals surface area (Å²) in [7, 11) is 1.21. The second kappa shape index (κ2) is 9.77. The van der Waals surface area contributed by atoms with Crippen molar-refractivity contribution in [3.63, 3.8) is 0 Å². The van der Waals surface area contributed by atoms with Crippen LogP contribution in [0.25, 0.3) is 0 Å². The van der Waals surface area contributed by atoms with Crippen LogP contribution in [-0.4, -0.2) is 7.11 Å². The molecule has 1 aliphatic rings. The smallest absolute Gasteiger partial charge is 0.207 e. The third kappa shape index (κ3) is 4.72. The molecule has 32 heavy (non-hydrogen) atoms. The minimum Gasteiger partial charge on any atom is -0.494 e. The second-order valence-corrected chi connectivity index (χ2v) is 7.19. The number of ether oxygens (including phenoxy) is 3. The zero-order valence-corrected chi connectivity index (χ0v) is 17.6. The SMILES string of the molecule is C=CCCc1ccc(COc2cc3c(c(F)c2F)O/C(=C(\F)C(=C)OC)C(=C)C3)cc1F. The first kappa shape index (κ1) is 23.2. The Bertz CT molecular complexity index is 1120. The lowest BCUT2D eigenvalue weighted by Gasteiger charge is -2.24. The molecule has 168 valence electrons. The number of aryl methyl sites for hydroxylation is 1. The van der Waals surface area contributed by atoms with Crippen LogP contribution in [0.15, 0.2) is 73.0 Å². The lowest BCUT2D eigenvalue weighted by Crippen LogP contribution is -2.15. The van der Waals surface area contributed by atoms with Crippen LogP contribution >= 0.6 is 0 Å². The Morgan fingerprint density at radius 1 is 1.19 bits per heavy atom. The molecule has 0 aliphatic carbocycles. The fraction of sp³-hybridized carbons (Fsp3) is 0.200. The number of hydrogen-bond acceptors (Lipinski definition) is 3. The van der Waals surface area contributed by atoms with Crippen molar-refractivity contribution in [3.05, 3.63) is 107 Å². The van der Waals surface area contributed by atoms with Crippen molar-refractivity contribution < 1.29 is 31.8 Å². The van der Waals surface area contributed by atoms with Crippen molar-refractivity contribution in [2.75, 3.05) is 7.11 Å². The Morgan fingerprint density at radius 3 is 2.59 bits per heavy atom. The van der Waals surface area contributed by atoms with Crippen molar-refractivity contribution in [2.45, 2.75) is 25.9 Å². The van der Waals surface area contributed by atoms with Crippen molar-refractivity contribution in [3.8, 4) is 11.5 Å². The van der Waals surface area contributed by atoms with E-state index in [0.29, 0.717) is 24.0 Å². The molecule has 2 aromatic rings. The summed E-state index contributed by atoms with van der Waals surface area (Å²) in [4.78, 5) is 0. The van der Waals surface area contributed by atoms with E-state index in [2.05, 4.69) is 19.7 Å². The van der Waals surface area contributed by atoms with E-state index in [1.165, 1.54) is 19.2 Å². The summed E-state index contributed by atoms with van der Waals surface area (Å²) in [5, 5.41) is 0. The zero-order valence-electron chi connectivity index (χ0n) is 17.6. The van der Waals surface area contributed by atoms with Gasteiger partial charge in [0.1, 0.15) is 12.4 Å². The Hall–Kier alpha value is -3.48. The molecule has 0 spiro atoms. The molecule has 0 saturated carbocycles. The van der Waals surface area contributed by atoms with E-state index in [1.807, 2.05) is 0 Å². The van der Waals surface area contributed by atoms with Crippen LogP contribution < -0.4 is 9.47 Å². The van der Waals surface area contributed by atoms with E-state index in [1.54, 1.807) is 18.2 Å². The Balaban J connectivity index is 1.83. The minimum absolute atomic E-state index is 0.00469. The molecule has 0 unspecified atom stereocenters. The molecule has 7 heteroatoms. The number of allylic oxidation sites excluding steroid dienone is 3. The van der Waals surface area contributed by atoms with Gasteiger partial charge >= 0.3 is 0 Å². The van der Waals surface area contributed by atoms with E-state index in [-0.39, 0.29) is 41.4 Å². The van der Waals surface area contributed by atoms with Crippen molar-refractivity contribution in [1.82, 2.24) is 0 Å². The number of rotatable bonds is 8. The van der Waals surface area contributed by atoms with Crippen LogP contribution in [0.2, 0.25) is 0 Å². The first-order valence-corrected chi connectivity index (χ1v) is 9.77. The maximum absolute atomic E-state index is 14.7. The monoisotopic (exact) mass is 446 g/mol. The van der Waals surface area contributed by atoms with Crippen LogP contribution in [0.1, 0.15) is 23.1 Å². The van der Waals surface area contributed by atoms with Gasteiger partial charge in [0, 0.05) is 12.0 Å². The van der Waals surface area contributed by atoms with Gasteiger partial charge in [0.25, 0.3) is 0 Å². The molecule has 3 rings (SSSR count). The summed E-state index contributed by atoms with van der Waals surface area (Å²) < 4.78 is 73.2. The van der Waals surface area contributed by atoms with Gasteiger partial charge in [-0.15, -0.1) is 6.58 Å². The molecule has 1 aliphatic heterocycles. The van der Waals surface area contributed by atoms with Gasteiger partial charge in [0.15, 0.2) is 23.0 Å². The summed E-state index contributed by atoms with van der Waals surface area (Å²) in [6.45, 7) is 10.5. The normalized spacial score (nSPS) is 14.3. The largest absolute Gasteiger partial charge is 0.494 e. The van der Waals surface area contributed by atoms with Gasteiger partial charge in [-0.1, -0.05) is 31.4 Å². The molecule has 1 heterocycles. The summed E-state index contributed by atoms with van der Waals surface area (Å²) in [6.07, 6.45) is 2.85. The van der Waals surface area contributed by atoms with Crippen LogP contribution in [0.5, 0.6) is 11.5 Å². The molecule has 0 fully saturated rings. The molecule has 0 bridgehead atoms. The fourth-order valence-electron chi connectivity index (χ4n) is 3.19. The van der Waals surface area contributed by atoms with Crippen molar-refractivity contribution in [1.29, 1.82) is 0 Å². The van der Waals surface area contributed by atoms with E-state index in [9.17, 15) is 17.6 Å². The van der Waals surface area contributed by atoms with E-state index in [0.717, 1.165) is 0 Å². The van der Waals surface area contributed by atoms with Crippen molar-refractivity contribution in [2.24, 2.45) is 0 Å². The molecule has 0 N–H and O–H groups in total. The molecular weight excluding hydrogens is 424 g/mol. The molecule has 0 amide bonds. The van der Waals surface area contributed by atoms with Gasteiger partial charge in [0.05, 0.1) is 7.11 Å². The second-order valence-electron chi connectivity index (χ2n) is 7.19. The Morgan fingerprint density at radius 2 is 1.94 bits per heavy atom. The lowest BCUT2D eigenvalue weighted by atomic mass is 9.99. The third-order valence-electron chi connectivity index (χ3n) is 4.95. The predicted molar refractivity (Wildman–Crippen MR) is 113 cm³/mol. The summed E-state index contributed by atoms with van der Waals surface area (Å²) in [6, 6.07) is 5.82. The Labute approximate surface area is 183 Å². The zero-order chi connectivity index (χ0) is 23.4. The summed E-state index contributed by atoms with van der Waals surface area (Å²) in [5.74, 6) is -5.53. The third-order valence-corrected chi connectivity index (χ3v) is 4.95. The van der Waals surface area contributed by atoms with Gasteiger partial charge in [-0.25, -0.2) is 4.39 Å². The molecular formula is C25H22F4O3. The van der Waals surface area contributed by atoms with Crippen LogP contribution in [0.3, 0.4) is 0 Å². The first-order chi connectivity index (χ1) is 15.3. The number of fused-ring (bicyclic) bond motifs is 1. The number of hydrogen-bond donors (Lipinski definition) is 0. The maximum atomic E-state index is 14.7. The molecule has 3 nitrogen and oxygen atoms in total. The Kier molecular flexibility index (Phi) is 7.08. The van der Waals surface area contributed by atoms with Gasteiger partial charge in [-0.2, -0.15) is 13.2 Å². The van der Waals surface area contributed by atoms with E-state index < -0.39 is 29.0 Å². The van der Waals surface area contributed by atoms with Gasteiger partial charge in [-0.3, -0.25) is 0 Å². The highest BCUT2D eigenvalue weighted by molar-refractivity contribution is 5.52. The lowest BCUT2D eigenvalue weighted by molar-refractivity contribution is 0.267. The van der Waals surface area contributed by atoms with Crippen LogP contribution in [-0.2, 0) is 24.2 Å². The number of methoxy groups -OCH3 is 1. The topological polar surface area (TPSA) is 27.7 Å². The molecule has 0 saturated heterocycles. The van der Waals surface area contributed by atoms with E-state index in [4.69, 9.17) is 14.2 Å². The first-order valence-electron chi connectivity index (χ1n) is 9.77. The highest BCUT2D eigenvalue weighted by atomic mass is 19.2. The van der Waals surface area contributed by atoms with Gasteiger partial charge in [-0.05, 0) is 41.7 Å². The fourth-order valence-corrected chi connectivity index (χ4v) is 3.19. The molecule has 0 radical (unpaired) electrons. The van der Waals surface area contributed by atoms with Crippen LogP contribution in [0.4, 0.5) is 17.6 Å². The summed E-state index contributed by atoms with van der Waals surface area (Å²) in [5.41, 5.74) is 1.41. The van der Waals surface area contributed by atoms with E-state index >= 15 is 0 Å². The van der Waals surface area contributed by atoms with Crippen LogP contribution in [0, 0.1) is 17.5 Å². The van der Waals surface area contributed by atoms with Gasteiger partial charge in [0.2, 0.25) is 17.5 Å². The average molecular weight is 446 g/mol. The van der Waals surface area contributed by atoms with Gasteiger partial charge < -0.3 is 14.2 Å². The minimum atomic E-state index is -1.33. The molecule has 0 aromatic heterocycles. The maximum Gasteiger partial charge on any atom is 0.207 e. The highest BCUT2D eigenvalue weighted by Gasteiger charge is 2.30. The standard InChI is InChI=1S/C25H22F4O3/c1-5-6-7-17-9-8-16(11-19(17)26)13-31-20-12-18-10-14(2)24(21(27)15(3)30-4)32-25(18)23(29)22(20)28/h5,8-9,11-12H,1-3,6-7,10,13H2,4H3/b24-21-. The quantitative estimate of drug-likeness (QED) is 0.259. The molecule has 0 atom stereocenters. The number of benzene rings is 2. The predicted octanol–water partition coefficient (Wildman–Crippen LogP) is 6.63. The van der Waals surface area contributed by atoms with Crippen molar-refractivity contribution >= 4 is 0 Å². The number of halogens is 4. The average Bonchev–Trinajstić information content (AvgIpc) is 2.78. The summed E-state index contributed by atoms with van der Waals surface area (Å²) >= 11 is 0. The molecule has 2 aromatic carbocycles.